The van der Waals surface area contributed by atoms with Gasteiger partial charge >= 0.3 is 0 Å². The first-order chi connectivity index (χ1) is 12.9. The summed E-state index contributed by atoms with van der Waals surface area (Å²) in [6.07, 6.45) is 0. The lowest BCUT2D eigenvalue weighted by Gasteiger charge is -2.02. The van der Waals surface area contributed by atoms with E-state index < -0.39 is 11.6 Å². The van der Waals surface area contributed by atoms with E-state index in [1.807, 2.05) is 0 Å². The number of benzene rings is 2. The zero-order valence-electron chi connectivity index (χ0n) is 14.9. The first-order valence-corrected chi connectivity index (χ1v) is 7.14. The summed E-state index contributed by atoms with van der Waals surface area (Å²) in [7, 11) is 2.70. The number of nitrogens with two attached hydrogens (primary N) is 3. The molecule has 0 radical (unpaired) electrons. The Kier molecular flexibility index (Phi) is 9.82. The Balaban J connectivity index is 0.000000465. The molecule has 0 saturated heterocycles. The number of ether oxygens (including phenoxy) is 2. The summed E-state index contributed by atoms with van der Waals surface area (Å²) in [4.78, 5) is 0. The minimum Gasteiger partial charge on any atom is -0.496 e. The van der Waals surface area contributed by atoms with E-state index in [1.54, 1.807) is 6.07 Å². The molecule has 28 heavy (non-hydrogen) atoms. The molecular weight excluding hydrogens is 381 g/mol. The van der Waals surface area contributed by atoms with Gasteiger partial charge in [0, 0.05) is 18.2 Å². The summed E-state index contributed by atoms with van der Waals surface area (Å²) in [6, 6.07) is 5.77. The van der Waals surface area contributed by atoms with Crippen LogP contribution in [0.15, 0.2) is 24.3 Å². The molecule has 0 aliphatic carbocycles. The van der Waals surface area contributed by atoms with Crippen LogP contribution in [0.1, 0.15) is 5.56 Å². The Bertz CT molecular complexity index is 959. The van der Waals surface area contributed by atoms with Gasteiger partial charge in [0.1, 0.15) is 40.6 Å². The Labute approximate surface area is 157 Å². The number of halogens is 3. The number of nitriles is 1. The summed E-state index contributed by atoms with van der Waals surface area (Å²) in [5.41, 5.74) is 5.82. The van der Waals surface area contributed by atoms with Crippen molar-refractivity contribution in [2.24, 2.45) is 11.7 Å². The number of nitrogens with zero attached hydrogens (tertiary/aromatic N) is 2. The molecule has 2 aromatic carbocycles. The highest BCUT2D eigenvalue weighted by Crippen LogP contribution is 2.29. The number of nitrogen functional groups attached to an aromatic ring is 1. The zero-order valence-corrected chi connectivity index (χ0v) is 14.9. The molecule has 152 valence electrons. The van der Waals surface area contributed by atoms with Gasteiger partial charge in [-0.25, -0.2) is 13.2 Å². The van der Waals surface area contributed by atoms with Gasteiger partial charge in [-0.3, -0.25) is 16.8 Å². The fourth-order valence-corrected chi connectivity index (χ4v) is 2.09. The lowest BCUT2D eigenvalue weighted by Crippen LogP contribution is -2.02. The smallest absolute Gasteiger partial charge is 0.156 e. The largest absolute Gasteiger partial charge is 0.496 e. The van der Waals surface area contributed by atoms with Crippen molar-refractivity contribution in [1.29, 1.82) is 5.26 Å². The molecule has 0 fully saturated rings. The van der Waals surface area contributed by atoms with Crippen LogP contribution in [-0.4, -0.2) is 29.9 Å². The van der Waals surface area contributed by atoms with E-state index in [0.29, 0.717) is 28.5 Å². The molecule has 0 spiro atoms. The third-order valence-corrected chi connectivity index (χ3v) is 3.19. The highest BCUT2D eigenvalue weighted by Gasteiger charge is 2.11. The molecule has 0 bridgehead atoms. The van der Waals surface area contributed by atoms with Gasteiger partial charge in [0.05, 0.1) is 25.1 Å². The molecule has 0 saturated carbocycles. The quantitative estimate of drug-likeness (QED) is 0.367. The van der Waals surface area contributed by atoms with Crippen LogP contribution in [0.5, 0.6) is 11.5 Å². The maximum Gasteiger partial charge on any atom is 0.156 e. The molecule has 1 aromatic heterocycles. The number of anilines is 1. The zero-order chi connectivity index (χ0) is 20.6. The molecule has 12 heteroatoms. The summed E-state index contributed by atoms with van der Waals surface area (Å²) in [6.45, 7) is 0. The monoisotopic (exact) mass is 400 g/mol. The van der Waals surface area contributed by atoms with Crippen molar-refractivity contribution < 1.29 is 28.1 Å². The van der Waals surface area contributed by atoms with E-state index in [9.17, 15) is 13.2 Å². The maximum absolute atomic E-state index is 12.9. The average molecular weight is 400 g/mol. The molecule has 3 aromatic rings. The molecule has 0 unspecified atom stereocenters. The summed E-state index contributed by atoms with van der Waals surface area (Å²) < 4.78 is 47.7. The van der Waals surface area contributed by atoms with Crippen LogP contribution in [0.4, 0.5) is 19.0 Å². The van der Waals surface area contributed by atoms with Crippen molar-refractivity contribution in [3.05, 3.63) is 47.3 Å². The lowest BCUT2D eigenvalue weighted by atomic mass is 10.2. The van der Waals surface area contributed by atoms with Gasteiger partial charge in [-0.15, -0.1) is 0 Å². The van der Waals surface area contributed by atoms with Crippen LogP contribution < -0.4 is 26.9 Å². The number of nitrogens with one attached hydrogen (secondary N) is 1. The van der Waals surface area contributed by atoms with Gasteiger partial charge in [-0.05, 0) is 6.07 Å². The van der Waals surface area contributed by atoms with E-state index in [4.69, 9.17) is 15.7 Å². The molecule has 0 amide bonds. The van der Waals surface area contributed by atoms with Gasteiger partial charge in [0.15, 0.2) is 5.82 Å². The molecule has 0 atom stereocenters. The van der Waals surface area contributed by atoms with Crippen LogP contribution in [-0.2, 0) is 0 Å². The van der Waals surface area contributed by atoms with Crippen LogP contribution >= 0.6 is 0 Å². The van der Waals surface area contributed by atoms with E-state index in [2.05, 4.69) is 26.6 Å². The maximum atomic E-state index is 12.9. The Hall–Kier alpha value is -3.53. The van der Waals surface area contributed by atoms with Crippen molar-refractivity contribution >= 4 is 16.7 Å². The topological polar surface area (TPSA) is 180 Å². The van der Waals surface area contributed by atoms with Crippen molar-refractivity contribution in [1.82, 2.24) is 10.2 Å². The Morgan fingerprint density at radius 1 is 1.00 bits per heavy atom. The first-order valence-electron chi connectivity index (χ1n) is 7.14. The summed E-state index contributed by atoms with van der Waals surface area (Å²) >= 11 is 0. The second-order valence-corrected chi connectivity index (χ2v) is 4.72. The SMILES string of the molecule is COc1cc(F)cc(F)c1C#N.COc1cc(F)cc2[nH]nc(N)c12.NN.O. The van der Waals surface area contributed by atoms with E-state index >= 15 is 0 Å². The van der Waals surface area contributed by atoms with Crippen LogP contribution in [0.2, 0.25) is 0 Å². The number of fused-ring (bicyclic) bond motifs is 1. The van der Waals surface area contributed by atoms with Crippen molar-refractivity contribution in [3.8, 4) is 17.6 Å². The van der Waals surface area contributed by atoms with Crippen LogP contribution in [0.25, 0.3) is 10.9 Å². The third kappa shape index (κ3) is 5.48. The number of aromatic nitrogens is 2. The number of hydrazine groups is 1. The molecule has 9 nitrogen and oxygen atoms in total. The molecule has 0 aliphatic heterocycles. The third-order valence-electron chi connectivity index (χ3n) is 3.19. The summed E-state index contributed by atoms with van der Waals surface area (Å²) in [5, 5.41) is 15.4. The van der Waals surface area contributed by atoms with Gasteiger partial charge in [0.2, 0.25) is 0 Å². The van der Waals surface area contributed by atoms with Gasteiger partial charge in [0.25, 0.3) is 0 Å². The number of aromatic amines is 1. The fourth-order valence-electron chi connectivity index (χ4n) is 2.09. The van der Waals surface area contributed by atoms with Gasteiger partial charge in [-0.1, -0.05) is 0 Å². The molecule has 9 N–H and O–H groups in total. The van der Waals surface area contributed by atoms with Crippen molar-refractivity contribution in [2.75, 3.05) is 20.0 Å². The summed E-state index contributed by atoms with van der Waals surface area (Å²) in [5.74, 6) is 6.56. The van der Waals surface area contributed by atoms with Crippen LogP contribution in [0.3, 0.4) is 0 Å². The molecule has 1 heterocycles. The predicted molar refractivity (Wildman–Crippen MR) is 96.6 cm³/mol. The van der Waals surface area contributed by atoms with E-state index in [1.165, 1.54) is 26.4 Å². The second-order valence-electron chi connectivity index (χ2n) is 4.72. The number of H-pyrrole nitrogens is 1. The standard InChI is InChI=1S/C8H5F2NO.C8H8FN3O.H4N2.H2O/c1-12-8-3-5(9)2-7(10)6(8)4-11;1-13-6-3-4(9)2-5-7(6)8(10)12-11-5;1-2;/h2-3H,1H3;2-3H,1H3,(H3,10,11,12);1-2H2;1H2. The lowest BCUT2D eigenvalue weighted by molar-refractivity contribution is 0.405. The van der Waals surface area contributed by atoms with Gasteiger partial charge in [-0.2, -0.15) is 10.4 Å². The normalized spacial score (nSPS) is 9.07. The fraction of sp³-hybridized carbons (Fsp3) is 0.125. The predicted octanol–water partition coefficient (Wildman–Crippen LogP) is 1.13. The Morgan fingerprint density at radius 2 is 1.54 bits per heavy atom. The van der Waals surface area contributed by atoms with Crippen LogP contribution in [0, 0.1) is 28.8 Å². The highest BCUT2D eigenvalue weighted by molar-refractivity contribution is 5.94. The number of rotatable bonds is 2. The van der Waals surface area contributed by atoms with E-state index in [-0.39, 0.29) is 22.6 Å². The minimum atomic E-state index is -0.908. The average Bonchev–Trinajstić information content (AvgIpc) is 3.03. The minimum absolute atomic E-state index is 0. The molecule has 3 rings (SSSR count). The molecule has 0 aliphatic rings. The highest BCUT2D eigenvalue weighted by atomic mass is 19.1. The number of hydrogen-bond donors (Lipinski definition) is 4. The van der Waals surface area contributed by atoms with Gasteiger partial charge < -0.3 is 20.7 Å². The van der Waals surface area contributed by atoms with Crippen molar-refractivity contribution in [3.63, 3.8) is 0 Å². The second kappa shape index (κ2) is 11.2. The van der Waals surface area contributed by atoms with Crippen molar-refractivity contribution in [2.45, 2.75) is 0 Å². The first kappa shape index (κ1) is 24.5. The Morgan fingerprint density at radius 3 is 2.07 bits per heavy atom. The number of methoxy groups -OCH3 is 2. The number of hydrogen-bond acceptors (Lipinski definition) is 7. The van der Waals surface area contributed by atoms with E-state index in [0.717, 1.165) is 6.07 Å². The molecular formula is C16H19F3N6O3.